The largest absolute Gasteiger partial charge is 0.465 e. The molecule has 13 nitrogen and oxygen atoms in total. The second-order valence-electron chi connectivity index (χ2n) is 18.5. The molecule has 7 aliphatic rings. The van der Waals surface area contributed by atoms with E-state index in [2.05, 4.69) is 0 Å². The normalized spacial score (nSPS) is 41.6. The van der Waals surface area contributed by atoms with Crippen molar-refractivity contribution in [2.24, 2.45) is 51.8 Å². The van der Waals surface area contributed by atoms with Gasteiger partial charge >= 0.3 is 33.3 Å². The number of carbonyl (C=O) groups is 5. The fourth-order valence-electron chi connectivity index (χ4n) is 11.9. The van der Waals surface area contributed by atoms with Crippen molar-refractivity contribution in [3.05, 3.63) is 0 Å². The number of carbonyl (C=O) groups excluding carboxylic acids is 5. The Morgan fingerprint density at radius 1 is 0.727 bits per heavy atom. The Kier molecular flexibility index (Phi) is 11.3. The summed E-state index contributed by atoms with van der Waals surface area (Å²) in [4.78, 5) is 64.0. The van der Waals surface area contributed by atoms with Gasteiger partial charge in [-0.2, -0.15) is 17.2 Å². The molecule has 55 heavy (non-hydrogen) atoms. The fraction of sp³-hybridized carbons (Fsp3) is 0.872. The Morgan fingerprint density at radius 3 is 1.71 bits per heavy atom. The maximum absolute atomic E-state index is 14.3. The Bertz CT molecular complexity index is 1550. The molecule has 9 atom stereocenters. The number of aldehydes is 2. The fourth-order valence-corrected chi connectivity index (χ4v) is 12.1. The van der Waals surface area contributed by atoms with Crippen LogP contribution in [0.15, 0.2) is 0 Å². The van der Waals surface area contributed by atoms with Crippen LogP contribution in [0.2, 0.25) is 0 Å². The minimum absolute atomic E-state index is 0.0472. The Morgan fingerprint density at radius 2 is 1.22 bits per heavy atom. The second kappa shape index (κ2) is 15.3. The van der Waals surface area contributed by atoms with Gasteiger partial charge in [-0.1, -0.05) is 32.1 Å². The van der Waals surface area contributed by atoms with Crippen LogP contribution in [-0.2, 0) is 57.8 Å². The van der Waals surface area contributed by atoms with Gasteiger partial charge < -0.3 is 33.3 Å². The molecule has 0 amide bonds. The van der Waals surface area contributed by atoms with Crippen molar-refractivity contribution in [3.63, 3.8) is 0 Å². The van der Waals surface area contributed by atoms with E-state index < -0.39 is 67.3 Å². The molecule has 6 saturated carbocycles. The predicted octanol–water partition coefficient (Wildman–Crippen LogP) is 5.37. The number of halogens is 2. The summed E-state index contributed by atoms with van der Waals surface area (Å²) >= 11 is 0. The zero-order valence-electron chi connectivity index (χ0n) is 31.3. The van der Waals surface area contributed by atoms with Crippen molar-refractivity contribution in [1.29, 1.82) is 0 Å². The van der Waals surface area contributed by atoms with E-state index in [1.807, 2.05) is 0 Å². The third-order valence-electron chi connectivity index (χ3n) is 14.3. The molecule has 7 rings (SSSR count). The van der Waals surface area contributed by atoms with Gasteiger partial charge in [0.25, 0.3) is 0 Å². The maximum atomic E-state index is 14.3. The molecule has 308 valence electrons. The van der Waals surface area contributed by atoms with Gasteiger partial charge in [0.05, 0.1) is 29.5 Å². The zero-order chi connectivity index (χ0) is 39.3. The number of hydrogen-bond donors (Lipinski definition) is 1. The third-order valence-corrected chi connectivity index (χ3v) is 15.1. The molecule has 1 N–H and O–H groups in total. The number of fused-ring (bicyclic) bond motifs is 6. The topological polar surface area (TPSA) is 186 Å². The molecule has 7 fully saturated rings. The summed E-state index contributed by atoms with van der Waals surface area (Å²) in [6.07, 6.45) is 12.0. The molecule has 0 aromatic carbocycles. The summed E-state index contributed by atoms with van der Waals surface area (Å²) < 4.78 is 90.2. The van der Waals surface area contributed by atoms with E-state index in [0.717, 1.165) is 57.5 Å². The van der Waals surface area contributed by atoms with Crippen LogP contribution in [0.4, 0.5) is 8.78 Å². The number of alkyl halides is 2. The van der Waals surface area contributed by atoms with Crippen LogP contribution in [0.1, 0.15) is 116 Å². The van der Waals surface area contributed by atoms with Crippen LogP contribution in [0.3, 0.4) is 0 Å². The summed E-state index contributed by atoms with van der Waals surface area (Å²) in [5.74, 6) is -3.49. The molecule has 16 heteroatoms. The Balaban J connectivity index is 1.06. The summed E-state index contributed by atoms with van der Waals surface area (Å²) in [5, 5.41) is -5.12. The average molecular weight is 801 g/mol. The zero-order valence-corrected chi connectivity index (χ0v) is 32.1. The third kappa shape index (κ3) is 8.12. The highest BCUT2D eigenvalue weighted by molar-refractivity contribution is 7.87. The highest BCUT2D eigenvalue weighted by atomic mass is 32.2. The highest BCUT2D eigenvalue weighted by Crippen LogP contribution is 2.54. The van der Waals surface area contributed by atoms with E-state index in [-0.39, 0.29) is 75.3 Å². The van der Waals surface area contributed by atoms with Gasteiger partial charge in [0.15, 0.2) is 6.29 Å². The summed E-state index contributed by atoms with van der Waals surface area (Å²) in [6, 6.07) is 0. The van der Waals surface area contributed by atoms with E-state index in [0.29, 0.717) is 51.4 Å². The van der Waals surface area contributed by atoms with Crippen LogP contribution >= 0.6 is 0 Å². The van der Waals surface area contributed by atoms with Gasteiger partial charge in [-0.25, -0.2) is 4.79 Å². The number of rotatable bonds is 12. The van der Waals surface area contributed by atoms with Gasteiger partial charge in [0.1, 0.15) is 31.4 Å². The van der Waals surface area contributed by atoms with Gasteiger partial charge in [0.2, 0.25) is 0 Å². The SMILES string of the molecule is O=CC1CC2CCCC(C(=O)OCC3(COC(=O)C45CCCC(CC(C=O)C4)C5)COC(C4CC5CCCC(OC(=O)C(F)(F)S(=O)(=O)O)(C5)C4)OC3)(C1)C2. The molecule has 9 unspecified atom stereocenters. The van der Waals surface area contributed by atoms with Crippen molar-refractivity contribution in [2.75, 3.05) is 26.4 Å². The summed E-state index contributed by atoms with van der Waals surface area (Å²) in [7, 11) is -6.05. The molecule has 6 aliphatic carbocycles. The van der Waals surface area contributed by atoms with Gasteiger partial charge in [-0.05, 0) is 101 Å². The van der Waals surface area contributed by atoms with Crippen LogP contribution in [0, 0.1) is 51.8 Å². The quantitative estimate of drug-likeness (QED) is 0.115. The smallest absolute Gasteiger partial charge is 0.464 e. The van der Waals surface area contributed by atoms with E-state index in [9.17, 15) is 41.2 Å². The van der Waals surface area contributed by atoms with Crippen LogP contribution in [0.5, 0.6) is 0 Å². The molecular formula is C39H54F2O13S. The lowest BCUT2D eigenvalue weighted by Gasteiger charge is -2.50. The standard InChI is InChI=1S/C39H54F2O13S/c40-39(41,55(47,48)49)34(46)54-38-9-3-6-27(17-38)12-30(18-38)31-50-21-35(22-51-31,23-52-32(44)36-7-1-4-25(13-36)10-28(15-36)19-42)24-53-33(45)37-8-2-5-26(14-37)11-29(16-37)20-43/h19-20,25-31H,1-18,21-24H2,(H,47,48,49). The van der Waals surface area contributed by atoms with Crippen LogP contribution in [0.25, 0.3) is 0 Å². The molecule has 0 aromatic heterocycles. The minimum Gasteiger partial charge on any atom is -0.464 e. The highest BCUT2D eigenvalue weighted by Gasteiger charge is 2.59. The lowest BCUT2D eigenvalue weighted by Crippen LogP contribution is -2.55. The maximum Gasteiger partial charge on any atom is 0.465 e. The molecule has 0 radical (unpaired) electrons. The van der Waals surface area contributed by atoms with Crippen LogP contribution in [-0.4, -0.2) is 87.0 Å². The Labute approximate surface area is 320 Å². The molecule has 1 aliphatic heterocycles. The molecule has 0 aromatic rings. The Hall–Kier alpha value is -2.56. The van der Waals surface area contributed by atoms with E-state index in [4.69, 9.17) is 28.2 Å². The van der Waals surface area contributed by atoms with Crippen molar-refractivity contribution in [2.45, 2.75) is 133 Å². The van der Waals surface area contributed by atoms with Crippen molar-refractivity contribution in [1.82, 2.24) is 0 Å². The first-order valence-electron chi connectivity index (χ1n) is 20.1. The van der Waals surface area contributed by atoms with Crippen molar-refractivity contribution < 1.29 is 69.4 Å². The lowest BCUT2D eigenvalue weighted by molar-refractivity contribution is -0.279. The molecule has 6 bridgehead atoms. The van der Waals surface area contributed by atoms with Crippen molar-refractivity contribution in [3.8, 4) is 0 Å². The van der Waals surface area contributed by atoms with Gasteiger partial charge in [-0.15, -0.1) is 0 Å². The monoisotopic (exact) mass is 800 g/mol. The number of hydrogen-bond acceptors (Lipinski definition) is 12. The van der Waals surface area contributed by atoms with Crippen LogP contribution < -0.4 is 0 Å². The first kappa shape index (κ1) is 40.6. The molecular weight excluding hydrogens is 746 g/mol. The molecule has 1 saturated heterocycles. The summed E-state index contributed by atoms with van der Waals surface area (Å²) in [5.41, 5.74) is -4.07. The second-order valence-corrected chi connectivity index (χ2v) is 20.0. The molecule has 1 heterocycles. The first-order chi connectivity index (χ1) is 26.0. The predicted molar refractivity (Wildman–Crippen MR) is 186 cm³/mol. The minimum atomic E-state index is -6.05. The lowest BCUT2D eigenvalue weighted by atomic mass is 9.59. The summed E-state index contributed by atoms with van der Waals surface area (Å²) in [6.45, 7) is -0.468. The number of ether oxygens (including phenoxy) is 5. The van der Waals surface area contributed by atoms with Gasteiger partial charge in [0, 0.05) is 17.8 Å². The van der Waals surface area contributed by atoms with E-state index in [1.54, 1.807) is 0 Å². The average Bonchev–Trinajstić information content (AvgIpc) is 3.15. The van der Waals surface area contributed by atoms with E-state index in [1.165, 1.54) is 0 Å². The van der Waals surface area contributed by atoms with E-state index >= 15 is 0 Å². The number of esters is 3. The van der Waals surface area contributed by atoms with Crippen molar-refractivity contribution >= 4 is 40.6 Å². The molecule has 0 spiro atoms. The first-order valence-corrected chi connectivity index (χ1v) is 21.5. The van der Waals surface area contributed by atoms with Gasteiger partial charge in [-0.3, -0.25) is 14.1 Å².